The van der Waals surface area contributed by atoms with Crippen molar-refractivity contribution in [2.45, 2.75) is 6.42 Å². The maximum atomic E-state index is 11.9. The van der Waals surface area contributed by atoms with Crippen molar-refractivity contribution in [1.82, 2.24) is 15.3 Å². The van der Waals surface area contributed by atoms with Gasteiger partial charge in [-0.05, 0) is 24.1 Å². The number of aldehydes is 1. The minimum atomic E-state index is -0.206. The van der Waals surface area contributed by atoms with Crippen LogP contribution >= 0.6 is 0 Å². The van der Waals surface area contributed by atoms with Gasteiger partial charge in [0, 0.05) is 35.4 Å². The quantitative estimate of drug-likeness (QED) is 0.627. The molecule has 0 radical (unpaired) electrons. The molecule has 0 unspecified atom stereocenters. The first-order valence-electron chi connectivity index (χ1n) is 6.75. The van der Waals surface area contributed by atoms with Crippen molar-refractivity contribution in [1.29, 1.82) is 0 Å². The summed E-state index contributed by atoms with van der Waals surface area (Å²) < 4.78 is 0. The lowest BCUT2D eigenvalue weighted by Gasteiger charge is -2.03. The number of amides is 1. The number of nitrogens with one attached hydrogen (secondary N) is 3. The molecule has 5 nitrogen and oxygen atoms in total. The molecule has 0 bridgehead atoms. The fourth-order valence-electron chi connectivity index (χ4n) is 2.35. The monoisotopic (exact) mass is 281 g/mol. The summed E-state index contributed by atoms with van der Waals surface area (Å²) in [5.74, 6) is -0.206. The first kappa shape index (κ1) is 13.2. The van der Waals surface area contributed by atoms with Crippen LogP contribution in [-0.4, -0.2) is 28.7 Å². The smallest absolute Gasteiger partial charge is 0.267 e. The Kier molecular flexibility index (Phi) is 3.55. The SMILES string of the molecule is O=Cc1c[nH]c(C(=O)NCCc2c[nH]c3ccccc23)c1. The average Bonchev–Trinajstić information content (AvgIpc) is 3.14. The predicted octanol–water partition coefficient (Wildman–Crippen LogP) is 2.28. The second kappa shape index (κ2) is 5.66. The van der Waals surface area contributed by atoms with E-state index in [1.165, 1.54) is 23.2 Å². The second-order valence-electron chi connectivity index (χ2n) is 4.83. The van der Waals surface area contributed by atoms with Crippen LogP contribution in [0.1, 0.15) is 26.4 Å². The van der Waals surface area contributed by atoms with Gasteiger partial charge in [0.05, 0.1) is 0 Å². The first-order valence-corrected chi connectivity index (χ1v) is 6.75. The highest BCUT2D eigenvalue weighted by Gasteiger charge is 2.08. The largest absolute Gasteiger partial charge is 0.361 e. The summed E-state index contributed by atoms with van der Waals surface area (Å²) in [4.78, 5) is 28.5. The van der Waals surface area contributed by atoms with E-state index in [1.807, 2.05) is 24.4 Å². The number of fused-ring (bicyclic) bond motifs is 1. The number of H-pyrrole nitrogens is 2. The van der Waals surface area contributed by atoms with Crippen LogP contribution in [0.2, 0.25) is 0 Å². The highest BCUT2D eigenvalue weighted by Crippen LogP contribution is 2.17. The van der Waals surface area contributed by atoms with Gasteiger partial charge in [0.2, 0.25) is 0 Å². The average molecular weight is 281 g/mol. The topological polar surface area (TPSA) is 77.8 Å². The molecule has 0 aliphatic heterocycles. The van der Waals surface area contributed by atoms with Crippen LogP contribution in [0.15, 0.2) is 42.7 Å². The molecule has 0 saturated heterocycles. The van der Waals surface area contributed by atoms with Gasteiger partial charge in [0.1, 0.15) is 5.69 Å². The Hall–Kier alpha value is -2.82. The molecule has 0 atom stereocenters. The number of carbonyl (C=O) groups excluding carboxylic acids is 2. The maximum Gasteiger partial charge on any atom is 0.267 e. The number of aromatic nitrogens is 2. The molecule has 1 amide bonds. The van der Waals surface area contributed by atoms with Crippen LogP contribution in [0.5, 0.6) is 0 Å². The summed E-state index contributed by atoms with van der Waals surface area (Å²) >= 11 is 0. The first-order chi connectivity index (χ1) is 10.3. The number of hydrogen-bond acceptors (Lipinski definition) is 2. The summed E-state index contributed by atoms with van der Waals surface area (Å²) in [5.41, 5.74) is 3.14. The second-order valence-corrected chi connectivity index (χ2v) is 4.83. The number of benzene rings is 1. The molecule has 3 aromatic rings. The lowest BCUT2D eigenvalue weighted by atomic mass is 10.1. The van der Waals surface area contributed by atoms with Crippen LogP contribution in [0, 0.1) is 0 Å². The Balaban J connectivity index is 1.60. The van der Waals surface area contributed by atoms with E-state index in [-0.39, 0.29) is 5.91 Å². The van der Waals surface area contributed by atoms with Crippen LogP contribution in [0.3, 0.4) is 0 Å². The van der Waals surface area contributed by atoms with Crippen LogP contribution < -0.4 is 5.32 Å². The maximum absolute atomic E-state index is 11.9. The molecule has 2 heterocycles. The molecule has 2 aromatic heterocycles. The Morgan fingerprint density at radius 2 is 2.05 bits per heavy atom. The number of hydrogen-bond donors (Lipinski definition) is 3. The van der Waals surface area contributed by atoms with Gasteiger partial charge in [-0.1, -0.05) is 18.2 Å². The zero-order valence-corrected chi connectivity index (χ0v) is 11.3. The molecule has 0 aliphatic rings. The zero-order valence-electron chi connectivity index (χ0n) is 11.3. The fraction of sp³-hybridized carbons (Fsp3) is 0.125. The van der Waals surface area contributed by atoms with Crippen molar-refractivity contribution in [3.63, 3.8) is 0 Å². The molecular weight excluding hydrogens is 266 g/mol. The summed E-state index contributed by atoms with van der Waals surface area (Å²) in [6.07, 6.45) is 4.94. The normalized spacial score (nSPS) is 10.7. The summed E-state index contributed by atoms with van der Waals surface area (Å²) in [7, 11) is 0. The summed E-state index contributed by atoms with van der Waals surface area (Å²) in [6.45, 7) is 0.538. The summed E-state index contributed by atoms with van der Waals surface area (Å²) in [5, 5.41) is 4.02. The number of para-hydroxylation sites is 1. The molecule has 0 fully saturated rings. The Morgan fingerprint density at radius 3 is 2.86 bits per heavy atom. The van der Waals surface area contributed by atoms with Crippen molar-refractivity contribution < 1.29 is 9.59 Å². The molecule has 106 valence electrons. The van der Waals surface area contributed by atoms with Gasteiger partial charge in [-0.2, -0.15) is 0 Å². The van der Waals surface area contributed by atoms with Gasteiger partial charge in [-0.15, -0.1) is 0 Å². The molecule has 5 heteroatoms. The van der Waals surface area contributed by atoms with Gasteiger partial charge in [0.25, 0.3) is 5.91 Å². The van der Waals surface area contributed by atoms with Crippen LogP contribution in [0.4, 0.5) is 0 Å². The third-order valence-corrected chi connectivity index (χ3v) is 3.44. The van der Waals surface area contributed by atoms with Crippen molar-refractivity contribution >= 4 is 23.1 Å². The minimum Gasteiger partial charge on any atom is -0.361 e. The van der Waals surface area contributed by atoms with Gasteiger partial charge in [-0.25, -0.2) is 0 Å². The van der Waals surface area contributed by atoms with Crippen molar-refractivity contribution in [2.24, 2.45) is 0 Å². The Bertz CT molecular complexity index is 786. The minimum absolute atomic E-state index is 0.206. The number of rotatable bonds is 5. The molecule has 21 heavy (non-hydrogen) atoms. The molecule has 3 N–H and O–H groups in total. The molecule has 0 saturated carbocycles. The standard InChI is InChI=1S/C16H15N3O2/c20-10-11-7-15(18-8-11)16(21)17-6-5-12-9-19-14-4-2-1-3-13(12)14/h1-4,7-10,18-19H,5-6H2,(H,17,21). The van der Waals surface area contributed by atoms with E-state index in [2.05, 4.69) is 21.4 Å². The molecule has 3 rings (SSSR count). The lowest BCUT2D eigenvalue weighted by Crippen LogP contribution is -2.25. The van der Waals surface area contributed by atoms with E-state index in [9.17, 15) is 9.59 Å². The van der Waals surface area contributed by atoms with E-state index >= 15 is 0 Å². The fourth-order valence-corrected chi connectivity index (χ4v) is 2.35. The highest BCUT2D eigenvalue weighted by molar-refractivity contribution is 5.94. The third-order valence-electron chi connectivity index (χ3n) is 3.44. The Labute approximate surface area is 121 Å². The van der Waals surface area contributed by atoms with E-state index in [4.69, 9.17) is 0 Å². The van der Waals surface area contributed by atoms with Crippen LogP contribution in [-0.2, 0) is 6.42 Å². The highest BCUT2D eigenvalue weighted by atomic mass is 16.1. The lowest BCUT2D eigenvalue weighted by molar-refractivity contribution is 0.0949. The number of carbonyl (C=O) groups is 2. The van der Waals surface area contributed by atoms with E-state index in [0.29, 0.717) is 24.1 Å². The molecule has 0 aliphatic carbocycles. The van der Waals surface area contributed by atoms with Gasteiger partial charge < -0.3 is 15.3 Å². The predicted molar refractivity (Wildman–Crippen MR) is 80.5 cm³/mol. The Morgan fingerprint density at radius 1 is 1.19 bits per heavy atom. The number of aromatic amines is 2. The van der Waals surface area contributed by atoms with E-state index in [1.54, 1.807) is 0 Å². The molecule has 1 aromatic carbocycles. The van der Waals surface area contributed by atoms with Crippen LogP contribution in [0.25, 0.3) is 10.9 Å². The van der Waals surface area contributed by atoms with Crippen molar-refractivity contribution in [3.05, 3.63) is 59.5 Å². The van der Waals surface area contributed by atoms with E-state index in [0.717, 1.165) is 11.9 Å². The van der Waals surface area contributed by atoms with Gasteiger partial charge in [-0.3, -0.25) is 9.59 Å². The molecular formula is C16H15N3O2. The van der Waals surface area contributed by atoms with E-state index < -0.39 is 0 Å². The molecule has 0 spiro atoms. The third kappa shape index (κ3) is 2.72. The summed E-state index contributed by atoms with van der Waals surface area (Å²) in [6, 6.07) is 9.61. The van der Waals surface area contributed by atoms with Crippen molar-refractivity contribution in [2.75, 3.05) is 6.54 Å². The van der Waals surface area contributed by atoms with Gasteiger partial charge >= 0.3 is 0 Å². The van der Waals surface area contributed by atoms with Crippen molar-refractivity contribution in [3.8, 4) is 0 Å². The zero-order chi connectivity index (χ0) is 14.7. The van der Waals surface area contributed by atoms with Gasteiger partial charge in [0.15, 0.2) is 6.29 Å².